The molecule has 1 atom stereocenters. The molecule has 1 N–H and O–H groups in total. The van der Waals surface area contributed by atoms with Gasteiger partial charge in [-0.2, -0.15) is 5.10 Å². The van der Waals surface area contributed by atoms with E-state index in [1.807, 2.05) is 19.9 Å². The fourth-order valence-electron chi connectivity index (χ4n) is 3.38. The summed E-state index contributed by atoms with van der Waals surface area (Å²) in [5.41, 5.74) is 3.45. The SMILES string of the molecule is COC(=O)c1c(C)[nH]c(C(=O)C(C)OC(=O)c2ccc(-n3nc(C)cc3C)nc2)c1C. The molecular weight excluding hydrogens is 400 g/mol. The van der Waals surface area contributed by atoms with Crippen molar-refractivity contribution in [2.75, 3.05) is 7.11 Å². The van der Waals surface area contributed by atoms with Gasteiger partial charge in [-0.05, 0) is 58.4 Å². The first-order valence-corrected chi connectivity index (χ1v) is 9.66. The maximum Gasteiger partial charge on any atom is 0.340 e. The van der Waals surface area contributed by atoms with E-state index in [4.69, 9.17) is 9.47 Å². The first-order valence-electron chi connectivity index (χ1n) is 9.66. The molecule has 0 radical (unpaired) electrons. The Morgan fingerprint density at radius 3 is 2.35 bits per heavy atom. The van der Waals surface area contributed by atoms with Gasteiger partial charge < -0.3 is 14.5 Å². The number of ether oxygens (including phenoxy) is 2. The van der Waals surface area contributed by atoms with Crippen LogP contribution in [0, 0.1) is 27.7 Å². The van der Waals surface area contributed by atoms with Crippen molar-refractivity contribution < 1.29 is 23.9 Å². The zero-order valence-corrected chi connectivity index (χ0v) is 18.3. The van der Waals surface area contributed by atoms with Crippen LogP contribution in [0.5, 0.6) is 0 Å². The molecule has 0 aliphatic heterocycles. The molecule has 0 saturated heterocycles. The van der Waals surface area contributed by atoms with Crippen molar-refractivity contribution in [3.8, 4) is 5.82 Å². The number of pyridine rings is 1. The van der Waals surface area contributed by atoms with Crippen LogP contribution in [-0.2, 0) is 9.47 Å². The lowest BCUT2D eigenvalue weighted by atomic mass is 10.1. The van der Waals surface area contributed by atoms with E-state index in [1.54, 1.807) is 30.7 Å². The second-order valence-corrected chi connectivity index (χ2v) is 7.27. The third-order valence-corrected chi connectivity index (χ3v) is 4.94. The Balaban J connectivity index is 1.74. The summed E-state index contributed by atoms with van der Waals surface area (Å²) in [6.45, 7) is 8.58. The normalized spacial score (nSPS) is 11.8. The molecule has 0 bridgehead atoms. The Morgan fingerprint density at radius 1 is 1.10 bits per heavy atom. The van der Waals surface area contributed by atoms with E-state index in [0.717, 1.165) is 11.4 Å². The van der Waals surface area contributed by atoms with Gasteiger partial charge in [-0.1, -0.05) is 0 Å². The average Bonchev–Trinajstić information content (AvgIpc) is 3.24. The third-order valence-electron chi connectivity index (χ3n) is 4.94. The lowest BCUT2D eigenvalue weighted by Crippen LogP contribution is -2.25. The van der Waals surface area contributed by atoms with E-state index >= 15 is 0 Å². The number of aromatic nitrogens is 4. The molecule has 162 valence electrons. The topological polar surface area (TPSA) is 116 Å². The van der Waals surface area contributed by atoms with Crippen LogP contribution >= 0.6 is 0 Å². The summed E-state index contributed by atoms with van der Waals surface area (Å²) in [6, 6.07) is 5.15. The second-order valence-electron chi connectivity index (χ2n) is 7.27. The van der Waals surface area contributed by atoms with E-state index < -0.39 is 23.8 Å². The minimum absolute atomic E-state index is 0.205. The molecule has 31 heavy (non-hydrogen) atoms. The van der Waals surface area contributed by atoms with Crippen molar-refractivity contribution >= 4 is 17.7 Å². The fourth-order valence-corrected chi connectivity index (χ4v) is 3.38. The van der Waals surface area contributed by atoms with Gasteiger partial charge in [-0.15, -0.1) is 0 Å². The number of aromatic amines is 1. The summed E-state index contributed by atoms with van der Waals surface area (Å²) in [5, 5.41) is 4.35. The van der Waals surface area contributed by atoms with Gasteiger partial charge in [0.05, 0.1) is 29.6 Å². The first kappa shape index (κ1) is 21.9. The van der Waals surface area contributed by atoms with E-state index in [9.17, 15) is 14.4 Å². The predicted molar refractivity (Wildman–Crippen MR) is 112 cm³/mol. The Bertz CT molecular complexity index is 1160. The molecule has 9 nitrogen and oxygen atoms in total. The van der Waals surface area contributed by atoms with Crippen LogP contribution in [0.25, 0.3) is 5.82 Å². The number of nitrogens with zero attached hydrogens (tertiary/aromatic N) is 3. The van der Waals surface area contributed by atoms with Crippen molar-refractivity contribution in [1.29, 1.82) is 0 Å². The highest BCUT2D eigenvalue weighted by Gasteiger charge is 2.27. The lowest BCUT2D eigenvalue weighted by molar-refractivity contribution is 0.0316. The van der Waals surface area contributed by atoms with Gasteiger partial charge in [0, 0.05) is 17.6 Å². The van der Waals surface area contributed by atoms with Crippen LogP contribution in [0.1, 0.15) is 60.8 Å². The van der Waals surface area contributed by atoms with E-state index in [-0.39, 0.29) is 11.3 Å². The summed E-state index contributed by atoms with van der Waals surface area (Å²) in [6.07, 6.45) is 0.315. The fraction of sp³-hybridized carbons (Fsp3) is 0.318. The van der Waals surface area contributed by atoms with Crippen molar-refractivity contribution in [1.82, 2.24) is 19.7 Å². The average molecular weight is 424 g/mol. The van der Waals surface area contributed by atoms with Gasteiger partial charge in [-0.25, -0.2) is 19.3 Å². The number of methoxy groups -OCH3 is 1. The first-order chi connectivity index (χ1) is 14.6. The molecule has 3 aromatic heterocycles. The number of aryl methyl sites for hydroxylation is 3. The number of rotatable bonds is 6. The smallest absolute Gasteiger partial charge is 0.340 e. The molecule has 0 spiro atoms. The summed E-state index contributed by atoms with van der Waals surface area (Å²) in [4.78, 5) is 44.4. The van der Waals surface area contributed by atoms with E-state index in [0.29, 0.717) is 22.6 Å². The molecule has 0 aliphatic rings. The summed E-state index contributed by atoms with van der Waals surface area (Å²) >= 11 is 0. The molecule has 3 rings (SSSR count). The molecule has 0 aromatic carbocycles. The number of Topliss-reactive ketones (excluding diaryl/α,β-unsaturated/α-hetero) is 1. The van der Waals surface area contributed by atoms with Crippen LogP contribution in [0.3, 0.4) is 0 Å². The van der Waals surface area contributed by atoms with E-state index in [2.05, 4.69) is 15.1 Å². The highest BCUT2D eigenvalue weighted by atomic mass is 16.5. The number of H-pyrrole nitrogens is 1. The Hall–Kier alpha value is -3.75. The van der Waals surface area contributed by atoms with Gasteiger partial charge in [0.1, 0.15) is 0 Å². The van der Waals surface area contributed by atoms with E-state index in [1.165, 1.54) is 20.2 Å². The van der Waals surface area contributed by atoms with Crippen molar-refractivity contribution in [3.63, 3.8) is 0 Å². The summed E-state index contributed by atoms with van der Waals surface area (Å²) in [5.74, 6) is -1.10. The zero-order valence-electron chi connectivity index (χ0n) is 18.3. The quantitative estimate of drug-likeness (QED) is 0.477. The van der Waals surface area contributed by atoms with Gasteiger partial charge in [-0.3, -0.25) is 4.79 Å². The maximum atomic E-state index is 12.8. The van der Waals surface area contributed by atoms with Gasteiger partial charge in [0.15, 0.2) is 11.9 Å². The summed E-state index contributed by atoms with van der Waals surface area (Å²) in [7, 11) is 1.27. The molecule has 0 amide bonds. The predicted octanol–water partition coefficient (Wildman–Crippen LogP) is 3.04. The zero-order chi connectivity index (χ0) is 22.9. The van der Waals surface area contributed by atoms with Crippen LogP contribution in [-0.4, -0.2) is 50.7 Å². The van der Waals surface area contributed by atoms with Gasteiger partial charge >= 0.3 is 11.9 Å². The largest absolute Gasteiger partial charge is 0.465 e. The number of hydrogen-bond donors (Lipinski definition) is 1. The summed E-state index contributed by atoms with van der Waals surface area (Å²) < 4.78 is 11.8. The minimum Gasteiger partial charge on any atom is -0.465 e. The Morgan fingerprint density at radius 2 is 1.81 bits per heavy atom. The molecule has 3 aromatic rings. The van der Waals surface area contributed by atoms with Crippen LogP contribution in [0.4, 0.5) is 0 Å². The van der Waals surface area contributed by atoms with Crippen molar-refractivity contribution in [2.45, 2.75) is 40.7 Å². The van der Waals surface area contributed by atoms with Crippen LogP contribution in [0.2, 0.25) is 0 Å². The molecule has 1 unspecified atom stereocenters. The number of ketones is 1. The Kier molecular flexibility index (Phi) is 6.05. The van der Waals surface area contributed by atoms with Gasteiger partial charge in [0.2, 0.25) is 5.78 Å². The Labute approximate surface area is 179 Å². The van der Waals surface area contributed by atoms with Gasteiger partial charge in [0.25, 0.3) is 0 Å². The molecule has 0 saturated carbocycles. The van der Waals surface area contributed by atoms with Crippen molar-refractivity contribution in [2.24, 2.45) is 0 Å². The molecule has 9 heteroatoms. The molecule has 0 aliphatic carbocycles. The maximum absolute atomic E-state index is 12.8. The number of carbonyl (C=O) groups is 3. The molecular formula is C22H24N4O5. The molecule has 0 fully saturated rings. The standard InChI is InChI=1S/C22H24N4O5/c1-11-9-12(2)26(25-11)17-8-7-16(10-23-17)21(28)31-15(5)20(27)19-13(3)18(14(4)24-19)22(29)30-6/h7-10,15,24H,1-6H3. The minimum atomic E-state index is -1.06. The number of esters is 2. The highest BCUT2D eigenvalue weighted by molar-refractivity contribution is 6.04. The highest BCUT2D eigenvalue weighted by Crippen LogP contribution is 2.21. The second kappa shape index (κ2) is 8.55. The monoisotopic (exact) mass is 424 g/mol. The number of hydrogen-bond acceptors (Lipinski definition) is 7. The third kappa shape index (κ3) is 4.25. The van der Waals surface area contributed by atoms with Crippen LogP contribution in [0.15, 0.2) is 24.4 Å². The number of nitrogens with one attached hydrogen (secondary N) is 1. The number of carbonyl (C=O) groups excluding carboxylic acids is 3. The van der Waals surface area contributed by atoms with Crippen LogP contribution < -0.4 is 0 Å². The lowest BCUT2D eigenvalue weighted by Gasteiger charge is -2.12. The molecule has 3 heterocycles. The van der Waals surface area contributed by atoms with Crippen molar-refractivity contribution in [3.05, 3.63) is 63.9 Å².